The molecule has 1 atom stereocenters. The fraction of sp³-hybridized carbons (Fsp3) is 0.222. The van der Waals surface area contributed by atoms with Crippen LogP contribution in [0.4, 0.5) is 5.82 Å². The monoisotopic (exact) mass is 240 g/mol. The fourth-order valence-corrected chi connectivity index (χ4v) is 2.07. The Morgan fingerprint density at radius 1 is 1.53 bits per heavy atom. The van der Waals surface area contributed by atoms with Crippen LogP contribution < -0.4 is 5.32 Å². The van der Waals surface area contributed by atoms with Crippen LogP contribution in [0.3, 0.4) is 0 Å². The van der Waals surface area contributed by atoms with Crippen molar-refractivity contribution in [3.63, 3.8) is 0 Å². The third-order valence-electron chi connectivity index (χ3n) is 1.94. The molecule has 0 radical (unpaired) electrons. The highest BCUT2D eigenvalue weighted by molar-refractivity contribution is 7.07. The van der Waals surface area contributed by atoms with E-state index in [9.17, 15) is 0 Å². The molecule has 1 unspecified atom stereocenters. The van der Waals surface area contributed by atoms with Gasteiger partial charge in [0.25, 0.3) is 0 Å². The Labute approximate surface area is 96.3 Å². The maximum absolute atomic E-state index is 5.63. The first kappa shape index (κ1) is 10.3. The molecule has 0 bridgehead atoms. The lowest BCUT2D eigenvalue weighted by Gasteiger charge is -2.12. The first-order valence-electron chi connectivity index (χ1n) is 4.39. The highest BCUT2D eigenvalue weighted by atomic mass is 35.5. The number of nitrogens with one attached hydrogen (secondary N) is 1. The Kier molecular flexibility index (Phi) is 3.13. The zero-order valence-corrected chi connectivity index (χ0v) is 9.59. The van der Waals surface area contributed by atoms with Crippen molar-refractivity contribution in [3.8, 4) is 0 Å². The number of halogens is 1. The lowest BCUT2D eigenvalue weighted by molar-refractivity contribution is 0.863. The number of thiophene rings is 1. The molecule has 0 amide bonds. The van der Waals surface area contributed by atoms with Gasteiger partial charge in [-0.15, -0.1) is 5.10 Å². The second-order valence-electron chi connectivity index (χ2n) is 3.03. The van der Waals surface area contributed by atoms with E-state index < -0.39 is 0 Å². The van der Waals surface area contributed by atoms with Gasteiger partial charge in [0.05, 0.1) is 12.2 Å². The minimum absolute atomic E-state index is 0.150. The van der Waals surface area contributed by atoms with Crippen molar-refractivity contribution in [1.82, 2.24) is 15.2 Å². The van der Waals surface area contributed by atoms with E-state index >= 15 is 0 Å². The van der Waals surface area contributed by atoms with Crippen LogP contribution in [0.5, 0.6) is 0 Å². The van der Waals surface area contributed by atoms with Gasteiger partial charge in [-0.05, 0) is 40.9 Å². The molecule has 0 fully saturated rings. The number of hydrogen-bond donors (Lipinski definition) is 1. The van der Waals surface area contributed by atoms with Crippen molar-refractivity contribution in [2.45, 2.75) is 13.0 Å². The van der Waals surface area contributed by atoms with E-state index in [1.165, 1.54) is 5.56 Å². The average Bonchev–Trinajstić information content (AvgIpc) is 2.70. The topological polar surface area (TPSA) is 50.7 Å². The zero-order chi connectivity index (χ0) is 10.7. The van der Waals surface area contributed by atoms with Gasteiger partial charge in [0, 0.05) is 0 Å². The molecule has 2 aromatic heterocycles. The van der Waals surface area contributed by atoms with Gasteiger partial charge in [-0.2, -0.15) is 21.4 Å². The number of rotatable bonds is 3. The summed E-state index contributed by atoms with van der Waals surface area (Å²) >= 11 is 7.30. The Morgan fingerprint density at radius 3 is 3.07 bits per heavy atom. The van der Waals surface area contributed by atoms with Crippen molar-refractivity contribution < 1.29 is 0 Å². The Hall–Kier alpha value is -1.20. The Bertz CT molecular complexity index is 431. The molecule has 0 spiro atoms. The molecule has 0 aliphatic rings. The molecule has 2 heterocycles. The molecule has 15 heavy (non-hydrogen) atoms. The van der Waals surface area contributed by atoms with Crippen molar-refractivity contribution in [2.75, 3.05) is 5.32 Å². The minimum atomic E-state index is 0.150. The lowest BCUT2D eigenvalue weighted by atomic mass is 10.2. The number of nitrogens with zero attached hydrogens (tertiary/aromatic N) is 3. The van der Waals surface area contributed by atoms with E-state index in [2.05, 4.69) is 38.9 Å². The van der Waals surface area contributed by atoms with E-state index in [0.29, 0.717) is 5.82 Å². The molecule has 2 aromatic rings. The van der Waals surface area contributed by atoms with Gasteiger partial charge in [0.1, 0.15) is 5.82 Å². The number of aromatic nitrogens is 3. The molecular formula is C9H9ClN4S. The molecule has 0 saturated carbocycles. The maximum Gasteiger partial charge on any atom is 0.244 e. The van der Waals surface area contributed by atoms with Gasteiger partial charge in [-0.1, -0.05) is 0 Å². The summed E-state index contributed by atoms with van der Waals surface area (Å²) in [4.78, 5) is 4.01. The van der Waals surface area contributed by atoms with Crippen LogP contribution in [0.15, 0.2) is 23.0 Å². The fourth-order valence-electron chi connectivity index (χ4n) is 1.18. The lowest BCUT2D eigenvalue weighted by Crippen LogP contribution is -2.07. The highest BCUT2D eigenvalue weighted by Crippen LogP contribution is 2.19. The predicted octanol–water partition coefficient (Wildman–Crippen LogP) is 2.76. The number of anilines is 1. The van der Waals surface area contributed by atoms with Crippen molar-refractivity contribution >= 4 is 28.8 Å². The van der Waals surface area contributed by atoms with Crippen molar-refractivity contribution in [2.24, 2.45) is 0 Å². The Balaban J connectivity index is 2.09. The summed E-state index contributed by atoms with van der Waals surface area (Å²) in [6.45, 7) is 2.05. The molecule has 6 heteroatoms. The van der Waals surface area contributed by atoms with Crippen LogP contribution >= 0.6 is 22.9 Å². The molecular weight excluding hydrogens is 232 g/mol. The summed E-state index contributed by atoms with van der Waals surface area (Å²) in [5.74, 6) is 0.633. The summed E-state index contributed by atoms with van der Waals surface area (Å²) < 4.78 is 0. The van der Waals surface area contributed by atoms with Crippen LogP contribution in [-0.4, -0.2) is 15.2 Å². The van der Waals surface area contributed by atoms with E-state index in [0.717, 1.165) is 0 Å². The molecule has 2 rings (SSSR count). The molecule has 4 nitrogen and oxygen atoms in total. The molecule has 0 aliphatic heterocycles. The molecule has 0 aromatic carbocycles. The minimum Gasteiger partial charge on any atom is -0.362 e. The van der Waals surface area contributed by atoms with Crippen LogP contribution in [0.1, 0.15) is 18.5 Å². The predicted molar refractivity (Wildman–Crippen MR) is 61.2 cm³/mol. The van der Waals surface area contributed by atoms with E-state index in [1.807, 2.05) is 5.38 Å². The van der Waals surface area contributed by atoms with Gasteiger partial charge in [0.2, 0.25) is 5.28 Å². The van der Waals surface area contributed by atoms with E-state index in [1.54, 1.807) is 17.5 Å². The number of hydrogen-bond acceptors (Lipinski definition) is 5. The van der Waals surface area contributed by atoms with Crippen LogP contribution in [-0.2, 0) is 0 Å². The highest BCUT2D eigenvalue weighted by Gasteiger charge is 2.06. The summed E-state index contributed by atoms with van der Waals surface area (Å²) in [6.07, 6.45) is 1.55. The maximum atomic E-state index is 5.63. The molecule has 0 aliphatic carbocycles. The second kappa shape index (κ2) is 4.55. The Morgan fingerprint density at radius 2 is 2.40 bits per heavy atom. The normalized spacial score (nSPS) is 12.4. The standard InChI is InChI=1S/C9H9ClN4S/c1-6(7-2-3-15-5-7)12-8-4-11-14-9(10)13-8/h2-6H,1H3,(H,12,13,14). The summed E-state index contributed by atoms with van der Waals surface area (Å²) in [5, 5.41) is 14.8. The van der Waals surface area contributed by atoms with Crippen molar-refractivity contribution in [1.29, 1.82) is 0 Å². The third-order valence-corrected chi connectivity index (χ3v) is 2.80. The quantitative estimate of drug-likeness (QED) is 0.896. The summed E-state index contributed by atoms with van der Waals surface area (Å²) in [5.41, 5.74) is 1.22. The summed E-state index contributed by atoms with van der Waals surface area (Å²) in [7, 11) is 0. The average molecular weight is 241 g/mol. The third kappa shape index (κ3) is 2.64. The molecule has 78 valence electrons. The van der Waals surface area contributed by atoms with Gasteiger partial charge in [-0.25, -0.2) is 0 Å². The SMILES string of the molecule is CC(Nc1cnnc(Cl)n1)c1ccsc1. The van der Waals surface area contributed by atoms with Gasteiger partial charge in [-0.3, -0.25) is 0 Å². The first-order valence-corrected chi connectivity index (χ1v) is 5.71. The first-order chi connectivity index (χ1) is 7.25. The van der Waals surface area contributed by atoms with E-state index in [4.69, 9.17) is 11.6 Å². The van der Waals surface area contributed by atoms with Crippen LogP contribution in [0.25, 0.3) is 0 Å². The summed E-state index contributed by atoms with van der Waals surface area (Å²) in [6, 6.07) is 2.25. The second-order valence-corrected chi connectivity index (χ2v) is 4.15. The molecule has 1 N–H and O–H groups in total. The van der Waals surface area contributed by atoms with Gasteiger partial charge >= 0.3 is 0 Å². The van der Waals surface area contributed by atoms with E-state index in [-0.39, 0.29) is 11.3 Å². The zero-order valence-electron chi connectivity index (χ0n) is 8.01. The molecule has 0 saturated heterocycles. The van der Waals surface area contributed by atoms with Crippen molar-refractivity contribution in [3.05, 3.63) is 33.9 Å². The van der Waals surface area contributed by atoms with Gasteiger partial charge in [0.15, 0.2) is 0 Å². The largest absolute Gasteiger partial charge is 0.362 e. The van der Waals surface area contributed by atoms with Crippen LogP contribution in [0, 0.1) is 0 Å². The van der Waals surface area contributed by atoms with Crippen LogP contribution in [0.2, 0.25) is 5.28 Å². The van der Waals surface area contributed by atoms with Gasteiger partial charge < -0.3 is 5.32 Å². The smallest absolute Gasteiger partial charge is 0.244 e.